The van der Waals surface area contributed by atoms with E-state index in [9.17, 15) is 4.79 Å². The van der Waals surface area contributed by atoms with Crippen LogP contribution in [0.15, 0.2) is 24.4 Å². The number of anilines is 1. The minimum Gasteiger partial charge on any atom is -0.354 e. The molecule has 0 radical (unpaired) electrons. The first-order chi connectivity index (χ1) is 12.2. The molecule has 1 aromatic rings. The van der Waals surface area contributed by atoms with E-state index < -0.39 is 0 Å². The third-order valence-electron chi connectivity index (χ3n) is 5.73. The van der Waals surface area contributed by atoms with Gasteiger partial charge in [-0.2, -0.15) is 0 Å². The van der Waals surface area contributed by atoms with Crippen molar-refractivity contribution < 1.29 is 4.79 Å². The molecule has 3 heterocycles. The highest BCUT2D eigenvalue weighted by Gasteiger charge is 2.28. The molecule has 0 N–H and O–H groups in total. The quantitative estimate of drug-likeness (QED) is 0.823. The van der Waals surface area contributed by atoms with Gasteiger partial charge in [0.25, 0.3) is 0 Å². The number of pyridine rings is 1. The van der Waals surface area contributed by atoms with Crippen molar-refractivity contribution in [2.24, 2.45) is 11.8 Å². The monoisotopic (exact) mass is 344 g/mol. The van der Waals surface area contributed by atoms with E-state index in [4.69, 9.17) is 0 Å². The number of likely N-dealkylation sites (tertiary alicyclic amines) is 1. The lowest BCUT2D eigenvalue weighted by atomic mass is 9.95. The Kier molecular flexibility index (Phi) is 6.29. The number of aromatic nitrogens is 1. The summed E-state index contributed by atoms with van der Waals surface area (Å²) >= 11 is 0. The lowest BCUT2D eigenvalue weighted by molar-refractivity contribution is -0.137. The number of rotatable bonds is 5. The highest BCUT2D eigenvalue weighted by atomic mass is 16.2. The first-order valence-corrected chi connectivity index (χ1v) is 9.84. The fraction of sp³-hybridized carbons (Fsp3) is 0.700. The Balaban J connectivity index is 1.46. The summed E-state index contributed by atoms with van der Waals surface area (Å²) in [5.74, 6) is 2.24. The Bertz CT molecular complexity index is 542. The van der Waals surface area contributed by atoms with Crippen LogP contribution in [0.1, 0.15) is 33.1 Å². The van der Waals surface area contributed by atoms with Crippen molar-refractivity contribution in [1.29, 1.82) is 0 Å². The van der Waals surface area contributed by atoms with E-state index >= 15 is 0 Å². The normalized spacial score (nSPS) is 23.5. The van der Waals surface area contributed by atoms with Gasteiger partial charge in [-0.3, -0.25) is 9.69 Å². The molecule has 0 saturated carbocycles. The molecule has 1 amide bonds. The zero-order chi connectivity index (χ0) is 17.6. The first-order valence-electron chi connectivity index (χ1n) is 9.84. The van der Waals surface area contributed by atoms with Crippen LogP contribution in [0.4, 0.5) is 5.82 Å². The summed E-state index contributed by atoms with van der Waals surface area (Å²) in [5.41, 5.74) is 0. The van der Waals surface area contributed by atoms with Crippen molar-refractivity contribution in [2.75, 3.05) is 50.7 Å². The molecule has 0 aliphatic carbocycles. The molecule has 0 spiro atoms. The SMILES string of the molecule is CCC(C)C(=O)N1CCCC(CN2CCN(c3ccccn3)CC2)C1. The van der Waals surface area contributed by atoms with E-state index in [1.54, 1.807) is 0 Å². The molecule has 2 aliphatic rings. The molecule has 2 fully saturated rings. The second-order valence-electron chi connectivity index (χ2n) is 7.58. The fourth-order valence-corrected chi connectivity index (χ4v) is 3.97. The third kappa shape index (κ3) is 4.72. The lowest BCUT2D eigenvalue weighted by Crippen LogP contribution is -2.50. The summed E-state index contributed by atoms with van der Waals surface area (Å²) in [7, 11) is 0. The molecule has 25 heavy (non-hydrogen) atoms. The van der Waals surface area contributed by atoms with Crippen LogP contribution in [0.5, 0.6) is 0 Å². The molecule has 5 heteroatoms. The van der Waals surface area contributed by atoms with E-state index in [0.717, 1.165) is 64.5 Å². The van der Waals surface area contributed by atoms with Gasteiger partial charge in [-0.1, -0.05) is 19.9 Å². The second kappa shape index (κ2) is 8.65. The topological polar surface area (TPSA) is 39.7 Å². The number of piperidine rings is 1. The molecular formula is C20H32N4O. The zero-order valence-corrected chi connectivity index (χ0v) is 15.7. The third-order valence-corrected chi connectivity index (χ3v) is 5.73. The molecule has 0 bridgehead atoms. The van der Waals surface area contributed by atoms with Crippen LogP contribution in [-0.4, -0.2) is 66.5 Å². The van der Waals surface area contributed by atoms with E-state index in [1.165, 1.54) is 6.42 Å². The fourth-order valence-electron chi connectivity index (χ4n) is 3.97. The molecular weight excluding hydrogens is 312 g/mol. The number of piperazine rings is 1. The van der Waals surface area contributed by atoms with Crippen LogP contribution in [0, 0.1) is 11.8 Å². The summed E-state index contributed by atoms with van der Waals surface area (Å²) in [6.45, 7) is 11.4. The van der Waals surface area contributed by atoms with Gasteiger partial charge in [0.05, 0.1) is 0 Å². The maximum Gasteiger partial charge on any atom is 0.225 e. The van der Waals surface area contributed by atoms with Gasteiger partial charge in [0.15, 0.2) is 0 Å². The summed E-state index contributed by atoms with van der Waals surface area (Å²) in [6.07, 6.45) is 5.22. The Morgan fingerprint density at radius 3 is 2.72 bits per heavy atom. The van der Waals surface area contributed by atoms with Crippen LogP contribution in [0.2, 0.25) is 0 Å². The minimum atomic E-state index is 0.167. The molecule has 0 aromatic carbocycles. The minimum absolute atomic E-state index is 0.167. The predicted molar refractivity (Wildman–Crippen MR) is 102 cm³/mol. The lowest BCUT2D eigenvalue weighted by Gasteiger charge is -2.40. The predicted octanol–water partition coefficient (Wildman–Crippen LogP) is 2.49. The molecule has 2 saturated heterocycles. The van der Waals surface area contributed by atoms with Gasteiger partial charge in [0.2, 0.25) is 5.91 Å². The molecule has 2 aliphatic heterocycles. The van der Waals surface area contributed by atoms with E-state index in [2.05, 4.69) is 45.7 Å². The van der Waals surface area contributed by atoms with Gasteiger partial charge in [0, 0.05) is 57.9 Å². The van der Waals surface area contributed by atoms with Gasteiger partial charge in [-0.05, 0) is 37.3 Å². The number of carbonyl (C=O) groups is 1. The summed E-state index contributed by atoms with van der Waals surface area (Å²) < 4.78 is 0. The van der Waals surface area contributed by atoms with Crippen LogP contribution < -0.4 is 4.90 Å². The van der Waals surface area contributed by atoms with Crippen molar-refractivity contribution in [3.05, 3.63) is 24.4 Å². The Labute approximate surface area is 152 Å². The number of hydrogen-bond acceptors (Lipinski definition) is 4. The van der Waals surface area contributed by atoms with Crippen molar-refractivity contribution in [3.8, 4) is 0 Å². The maximum atomic E-state index is 12.5. The zero-order valence-electron chi connectivity index (χ0n) is 15.7. The first kappa shape index (κ1) is 18.2. The average molecular weight is 345 g/mol. The smallest absolute Gasteiger partial charge is 0.225 e. The number of hydrogen-bond donors (Lipinski definition) is 0. The maximum absolute atomic E-state index is 12.5. The van der Waals surface area contributed by atoms with Crippen molar-refractivity contribution >= 4 is 11.7 Å². The summed E-state index contributed by atoms with van der Waals surface area (Å²) in [4.78, 5) is 24.0. The van der Waals surface area contributed by atoms with Gasteiger partial charge in [0.1, 0.15) is 5.82 Å². The molecule has 138 valence electrons. The number of amides is 1. The Hall–Kier alpha value is -1.62. The van der Waals surface area contributed by atoms with Crippen LogP contribution in [0.25, 0.3) is 0 Å². The number of nitrogens with zero attached hydrogens (tertiary/aromatic N) is 4. The summed E-state index contributed by atoms with van der Waals surface area (Å²) in [5, 5.41) is 0. The second-order valence-corrected chi connectivity index (χ2v) is 7.58. The molecule has 1 aromatic heterocycles. The Morgan fingerprint density at radius 2 is 2.04 bits per heavy atom. The summed E-state index contributed by atoms with van der Waals surface area (Å²) in [6, 6.07) is 6.12. The van der Waals surface area contributed by atoms with E-state index in [1.807, 2.05) is 12.3 Å². The van der Waals surface area contributed by atoms with E-state index in [0.29, 0.717) is 11.8 Å². The molecule has 2 unspecified atom stereocenters. The Morgan fingerprint density at radius 1 is 1.24 bits per heavy atom. The van der Waals surface area contributed by atoms with Gasteiger partial charge in [-0.15, -0.1) is 0 Å². The van der Waals surface area contributed by atoms with Crippen LogP contribution >= 0.6 is 0 Å². The van der Waals surface area contributed by atoms with Crippen LogP contribution in [-0.2, 0) is 4.79 Å². The van der Waals surface area contributed by atoms with Gasteiger partial charge < -0.3 is 9.80 Å². The molecule has 5 nitrogen and oxygen atoms in total. The van der Waals surface area contributed by atoms with Crippen molar-refractivity contribution in [2.45, 2.75) is 33.1 Å². The average Bonchev–Trinajstić information content (AvgIpc) is 2.68. The van der Waals surface area contributed by atoms with Crippen LogP contribution in [0.3, 0.4) is 0 Å². The highest BCUT2D eigenvalue weighted by Crippen LogP contribution is 2.21. The number of carbonyl (C=O) groups excluding carboxylic acids is 1. The highest BCUT2D eigenvalue weighted by molar-refractivity contribution is 5.78. The molecule has 2 atom stereocenters. The van der Waals surface area contributed by atoms with E-state index in [-0.39, 0.29) is 5.92 Å². The standard InChI is InChI=1S/C20H32N4O/c1-3-17(2)20(25)24-10-6-7-18(16-24)15-22-11-13-23(14-12-22)19-8-4-5-9-21-19/h4-5,8-9,17-18H,3,6-7,10-16H2,1-2H3. The molecule has 3 rings (SSSR count). The largest absolute Gasteiger partial charge is 0.354 e. The van der Waals surface area contributed by atoms with Crippen molar-refractivity contribution in [1.82, 2.24) is 14.8 Å². The van der Waals surface area contributed by atoms with Gasteiger partial charge >= 0.3 is 0 Å². The van der Waals surface area contributed by atoms with Crippen molar-refractivity contribution in [3.63, 3.8) is 0 Å². The van der Waals surface area contributed by atoms with Gasteiger partial charge in [-0.25, -0.2) is 4.98 Å².